The van der Waals surface area contributed by atoms with Crippen LogP contribution in [0.3, 0.4) is 0 Å². The molecule has 1 spiro atoms. The number of fused-ring (bicyclic) bond motifs is 6. The maximum atomic E-state index is 10.9. The van der Waals surface area contributed by atoms with Crippen LogP contribution in [0.2, 0.25) is 0 Å². The molecule has 0 amide bonds. The van der Waals surface area contributed by atoms with Gasteiger partial charge in [0.1, 0.15) is 0 Å². The van der Waals surface area contributed by atoms with Crippen molar-refractivity contribution < 1.29 is 14.6 Å². The van der Waals surface area contributed by atoms with Gasteiger partial charge in [-0.2, -0.15) is 0 Å². The summed E-state index contributed by atoms with van der Waals surface area (Å²) in [4.78, 5) is 0. The smallest absolute Gasteiger partial charge is 0.174 e. The monoisotopic (exact) mass is 362 g/mol. The molecule has 0 aromatic carbocycles. The number of ether oxygens (including phenoxy) is 2. The van der Waals surface area contributed by atoms with Gasteiger partial charge in [0.2, 0.25) is 0 Å². The number of rotatable bonds is 1. The van der Waals surface area contributed by atoms with Gasteiger partial charge < -0.3 is 14.6 Å². The standard InChI is InChI=1S/C23H38O3/c1-4-22(24)12-11-20(2)16(15-22)5-6-17-18(20)7-9-21(3)19(17)8-10-23(21)25-13-14-26-23/h16-19,24H,4-15H2,1-3H3/t16-,17-,18+,19+,20-,21-,22+/m0/s1. The Hall–Kier alpha value is -0.120. The van der Waals surface area contributed by atoms with Crippen LogP contribution in [0.1, 0.15) is 85.0 Å². The van der Waals surface area contributed by atoms with E-state index in [1.165, 1.54) is 38.5 Å². The first-order chi connectivity index (χ1) is 12.4. The predicted molar refractivity (Wildman–Crippen MR) is 102 cm³/mol. The third-order valence-electron chi connectivity index (χ3n) is 10.3. The van der Waals surface area contributed by atoms with Crippen LogP contribution in [0.25, 0.3) is 0 Å². The molecule has 5 fully saturated rings. The zero-order valence-electron chi connectivity index (χ0n) is 17.1. The molecule has 0 bridgehead atoms. The Kier molecular flexibility index (Phi) is 3.94. The maximum Gasteiger partial charge on any atom is 0.174 e. The van der Waals surface area contributed by atoms with Crippen LogP contribution in [0, 0.1) is 34.5 Å². The lowest BCUT2D eigenvalue weighted by Gasteiger charge is -2.62. The Morgan fingerprint density at radius 3 is 2.35 bits per heavy atom. The van der Waals surface area contributed by atoms with E-state index in [9.17, 15) is 5.11 Å². The van der Waals surface area contributed by atoms with Gasteiger partial charge >= 0.3 is 0 Å². The van der Waals surface area contributed by atoms with E-state index >= 15 is 0 Å². The Morgan fingerprint density at radius 1 is 0.885 bits per heavy atom. The van der Waals surface area contributed by atoms with Gasteiger partial charge in [0.25, 0.3) is 0 Å². The van der Waals surface area contributed by atoms with Crippen molar-refractivity contribution in [2.75, 3.05) is 13.2 Å². The van der Waals surface area contributed by atoms with Crippen LogP contribution in [-0.4, -0.2) is 29.7 Å². The van der Waals surface area contributed by atoms with Crippen molar-refractivity contribution in [1.82, 2.24) is 0 Å². The van der Waals surface area contributed by atoms with Gasteiger partial charge in [-0.25, -0.2) is 0 Å². The third-order valence-corrected chi connectivity index (χ3v) is 10.3. The van der Waals surface area contributed by atoms with Gasteiger partial charge in [-0.15, -0.1) is 0 Å². The largest absolute Gasteiger partial charge is 0.390 e. The van der Waals surface area contributed by atoms with Gasteiger partial charge in [0.05, 0.1) is 18.8 Å². The molecule has 5 rings (SSSR count). The number of aliphatic hydroxyl groups is 1. The van der Waals surface area contributed by atoms with Crippen molar-refractivity contribution >= 4 is 0 Å². The molecule has 148 valence electrons. The van der Waals surface area contributed by atoms with E-state index in [0.717, 1.165) is 62.6 Å². The topological polar surface area (TPSA) is 38.7 Å². The molecule has 1 heterocycles. The lowest BCUT2D eigenvalue weighted by Crippen LogP contribution is -2.58. The Morgan fingerprint density at radius 2 is 1.62 bits per heavy atom. The van der Waals surface area contributed by atoms with Gasteiger partial charge in [-0.1, -0.05) is 20.8 Å². The summed E-state index contributed by atoms with van der Waals surface area (Å²) >= 11 is 0. The molecule has 26 heavy (non-hydrogen) atoms. The van der Waals surface area contributed by atoms with Crippen LogP contribution in [0.5, 0.6) is 0 Å². The highest BCUT2D eigenvalue weighted by molar-refractivity contribution is 5.13. The van der Waals surface area contributed by atoms with Crippen molar-refractivity contribution in [3.05, 3.63) is 0 Å². The quantitative estimate of drug-likeness (QED) is 0.720. The van der Waals surface area contributed by atoms with Crippen LogP contribution in [-0.2, 0) is 9.47 Å². The first kappa shape index (κ1) is 17.9. The Bertz CT molecular complexity index is 570. The van der Waals surface area contributed by atoms with Crippen molar-refractivity contribution in [3.63, 3.8) is 0 Å². The molecule has 1 aliphatic heterocycles. The average molecular weight is 363 g/mol. The van der Waals surface area contributed by atoms with E-state index in [1.54, 1.807) is 0 Å². The highest BCUT2D eigenvalue weighted by atomic mass is 16.7. The molecule has 3 nitrogen and oxygen atoms in total. The summed E-state index contributed by atoms with van der Waals surface area (Å²) in [5.74, 6) is 2.91. The van der Waals surface area contributed by atoms with Crippen molar-refractivity contribution in [3.8, 4) is 0 Å². The fourth-order valence-corrected chi connectivity index (χ4v) is 8.53. The summed E-state index contributed by atoms with van der Waals surface area (Å²) in [6.45, 7) is 8.80. The molecule has 4 saturated carbocycles. The highest BCUT2D eigenvalue weighted by Gasteiger charge is 2.67. The van der Waals surface area contributed by atoms with E-state index in [2.05, 4.69) is 20.8 Å². The molecule has 7 atom stereocenters. The molecule has 5 aliphatic rings. The van der Waals surface area contributed by atoms with E-state index in [1.807, 2.05) is 0 Å². The highest BCUT2D eigenvalue weighted by Crippen LogP contribution is 2.70. The minimum absolute atomic E-state index is 0.215. The molecule has 3 heteroatoms. The normalized spacial score (nSPS) is 55.4. The molecule has 0 radical (unpaired) electrons. The second-order valence-corrected chi connectivity index (χ2v) is 10.9. The first-order valence-corrected chi connectivity index (χ1v) is 11.4. The lowest BCUT2D eigenvalue weighted by atomic mass is 9.44. The molecule has 0 unspecified atom stereocenters. The fraction of sp³-hybridized carbons (Fsp3) is 1.00. The van der Waals surface area contributed by atoms with Crippen LogP contribution in [0.15, 0.2) is 0 Å². The Balaban J connectivity index is 1.42. The summed E-state index contributed by atoms with van der Waals surface area (Å²) in [7, 11) is 0. The molecule has 4 aliphatic carbocycles. The summed E-state index contributed by atoms with van der Waals surface area (Å²) < 4.78 is 12.5. The van der Waals surface area contributed by atoms with Gasteiger partial charge in [0.15, 0.2) is 5.79 Å². The van der Waals surface area contributed by atoms with Crippen LogP contribution >= 0.6 is 0 Å². The van der Waals surface area contributed by atoms with Crippen LogP contribution < -0.4 is 0 Å². The van der Waals surface area contributed by atoms with Gasteiger partial charge in [-0.3, -0.25) is 0 Å². The minimum Gasteiger partial charge on any atom is -0.390 e. The zero-order chi connectivity index (χ0) is 18.2. The van der Waals surface area contributed by atoms with E-state index < -0.39 is 0 Å². The molecular weight excluding hydrogens is 324 g/mol. The van der Waals surface area contributed by atoms with Gasteiger partial charge in [0, 0.05) is 11.8 Å². The maximum absolute atomic E-state index is 10.9. The summed E-state index contributed by atoms with van der Waals surface area (Å²) in [6, 6.07) is 0. The average Bonchev–Trinajstić information content (AvgIpc) is 3.22. The van der Waals surface area contributed by atoms with E-state index in [-0.39, 0.29) is 16.8 Å². The SMILES string of the molecule is CC[C@@]1(O)CC[C@@]2(C)[C@@H](CC[C@H]3[C@H]2CC[C@@]2(C)[C@@H]3CCC23OCCO3)C1. The zero-order valence-corrected chi connectivity index (χ0v) is 17.1. The second kappa shape index (κ2) is 5.70. The summed E-state index contributed by atoms with van der Waals surface area (Å²) in [5.41, 5.74) is 0.272. The fourth-order valence-electron chi connectivity index (χ4n) is 8.53. The predicted octanol–water partition coefficient (Wildman–Crippen LogP) is 4.91. The lowest BCUT2D eigenvalue weighted by molar-refractivity contribution is -0.249. The second-order valence-electron chi connectivity index (χ2n) is 10.9. The first-order valence-electron chi connectivity index (χ1n) is 11.4. The van der Waals surface area contributed by atoms with E-state index in [4.69, 9.17) is 9.47 Å². The molecule has 1 N–H and O–H groups in total. The van der Waals surface area contributed by atoms with Crippen molar-refractivity contribution in [2.24, 2.45) is 34.5 Å². The van der Waals surface area contributed by atoms with Gasteiger partial charge in [-0.05, 0) is 86.9 Å². The molecular formula is C23H38O3. The van der Waals surface area contributed by atoms with Crippen LogP contribution in [0.4, 0.5) is 0 Å². The van der Waals surface area contributed by atoms with Crippen molar-refractivity contribution in [2.45, 2.75) is 96.4 Å². The summed E-state index contributed by atoms with van der Waals surface area (Å²) in [6.07, 6.45) is 11.9. The Labute approximate surface area is 159 Å². The van der Waals surface area contributed by atoms with E-state index in [0.29, 0.717) is 5.41 Å². The number of hydrogen-bond donors (Lipinski definition) is 1. The minimum atomic E-state index is -0.386. The molecule has 1 saturated heterocycles. The summed E-state index contributed by atoms with van der Waals surface area (Å²) in [5, 5.41) is 10.9. The molecule has 0 aromatic heterocycles. The van der Waals surface area contributed by atoms with Crippen molar-refractivity contribution in [1.29, 1.82) is 0 Å². The number of hydrogen-bond acceptors (Lipinski definition) is 3. The third kappa shape index (κ3) is 2.17. The molecule has 0 aromatic rings.